The van der Waals surface area contributed by atoms with E-state index in [4.69, 9.17) is 0 Å². The number of aryl methyl sites for hydroxylation is 1. The number of hydrogen-bond donors (Lipinski definition) is 2. The molecule has 0 amide bonds. The maximum Gasteiger partial charge on any atom is 0.140 e. The van der Waals surface area contributed by atoms with Gasteiger partial charge in [-0.05, 0) is 19.8 Å². The Labute approximate surface area is 96.9 Å². The van der Waals surface area contributed by atoms with Crippen LogP contribution in [0.4, 0.5) is 0 Å². The Balaban J connectivity index is 2.62. The van der Waals surface area contributed by atoms with Crippen molar-refractivity contribution in [3.63, 3.8) is 0 Å². The van der Waals surface area contributed by atoms with Gasteiger partial charge in [-0.3, -0.25) is 0 Å². The maximum atomic E-state index is 9.43. The fourth-order valence-electron chi connectivity index (χ4n) is 1.74. The van der Waals surface area contributed by atoms with E-state index in [9.17, 15) is 5.11 Å². The number of rotatable bonds is 7. The third kappa shape index (κ3) is 2.80. The van der Waals surface area contributed by atoms with Crippen LogP contribution < -0.4 is 5.32 Å². The highest BCUT2D eigenvalue weighted by Crippen LogP contribution is 2.14. The molecular formula is C11H22N4O. The quantitative estimate of drug-likeness (QED) is 0.726. The zero-order valence-corrected chi connectivity index (χ0v) is 10.4. The lowest BCUT2D eigenvalue weighted by atomic mass is 9.94. The van der Waals surface area contributed by atoms with E-state index in [0.29, 0.717) is 6.54 Å². The lowest BCUT2D eigenvalue weighted by Gasteiger charge is -2.30. The van der Waals surface area contributed by atoms with Gasteiger partial charge in [0.1, 0.15) is 12.2 Å². The van der Waals surface area contributed by atoms with Gasteiger partial charge in [0, 0.05) is 12.1 Å². The molecular weight excluding hydrogens is 204 g/mol. The summed E-state index contributed by atoms with van der Waals surface area (Å²) in [6.45, 7) is 7.82. The first kappa shape index (κ1) is 13.1. The predicted molar refractivity (Wildman–Crippen MR) is 62.9 cm³/mol. The summed E-state index contributed by atoms with van der Waals surface area (Å²) in [6.07, 6.45) is 3.37. The van der Waals surface area contributed by atoms with Gasteiger partial charge >= 0.3 is 0 Å². The van der Waals surface area contributed by atoms with Crippen molar-refractivity contribution < 1.29 is 5.11 Å². The zero-order chi connectivity index (χ0) is 12.0. The first-order valence-corrected chi connectivity index (χ1v) is 5.94. The molecule has 0 spiro atoms. The molecule has 0 atom stereocenters. The largest absolute Gasteiger partial charge is 0.394 e. The van der Waals surface area contributed by atoms with Crippen LogP contribution in [0.3, 0.4) is 0 Å². The SMILES string of the molecule is CCn1ncnc1CNC(CC)(CC)CO. The van der Waals surface area contributed by atoms with Crippen molar-refractivity contribution in [2.24, 2.45) is 0 Å². The molecule has 0 radical (unpaired) electrons. The number of aromatic nitrogens is 3. The molecule has 1 heterocycles. The summed E-state index contributed by atoms with van der Waals surface area (Å²) in [5, 5.41) is 16.9. The van der Waals surface area contributed by atoms with Gasteiger partial charge in [0.05, 0.1) is 13.2 Å². The van der Waals surface area contributed by atoms with Gasteiger partial charge in [-0.1, -0.05) is 13.8 Å². The van der Waals surface area contributed by atoms with E-state index in [2.05, 4.69) is 29.2 Å². The van der Waals surface area contributed by atoms with Crippen LogP contribution in [0, 0.1) is 0 Å². The lowest BCUT2D eigenvalue weighted by molar-refractivity contribution is 0.148. The van der Waals surface area contributed by atoms with Crippen LogP contribution in [0.1, 0.15) is 39.4 Å². The number of hydrogen-bond acceptors (Lipinski definition) is 4. The van der Waals surface area contributed by atoms with E-state index in [1.807, 2.05) is 11.6 Å². The molecule has 1 aromatic heterocycles. The van der Waals surface area contributed by atoms with Crippen LogP contribution in [0.15, 0.2) is 6.33 Å². The summed E-state index contributed by atoms with van der Waals surface area (Å²) in [5.74, 6) is 0.919. The van der Waals surface area contributed by atoms with E-state index in [-0.39, 0.29) is 12.1 Å². The van der Waals surface area contributed by atoms with E-state index in [0.717, 1.165) is 25.2 Å². The van der Waals surface area contributed by atoms with E-state index >= 15 is 0 Å². The van der Waals surface area contributed by atoms with Crippen LogP contribution in [0.5, 0.6) is 0 Å². The van der Waals surface area contributed by atoms with Crippen molar-refractivity contribution in [2.45, 2.75) is 52.2 Å². The first-order chi connectivity index (χ1) is 7.71. The zero-order valence-electron chi connectivity index (χ0n) is 10.4. The number of aliphatic hydroxyl groups excluding tert-OH is 1. The van der Waals surface area contributed by atoms with Gasteiger partial charge < -0.3 is 10.4 Å². The molecule has 0 saturated heterocycles. The molecule has 0 aliphatic heterocycles. The molecule has 16 heavy (non-hydrogen) atoms. The number of aliphatic hydroxyl groups is 1. The molecule has 0 fully saturated rings. The molecule has 2 N–H and O–H groups in total. The predicted octanol–water partition coefficient (Wildman–Crippen LogP) is 0.939. The summed E-state index contributed by atoms with van der Waals surface area (Å²) in [7, 11) is 0. The van der Waals surface area contributed by atoms with Gasteiger partial charge in [0.2, 0.25) is 0 Å². The van der Waals surface area contributed by atoms with E-state index < -0.39 is 0 Å². The van der Waals surface area contributed by atoms with Crippen LogP contribution in [0.2, 0.25) is 0 Å². The van der Waals surface area contributed by atoms with Gasteiger partial charge in [-0.2, -0.15) is 5.10 Å². The average Bonchev–Trinajstić information content (AvgIpc) is 2.79. The second-order valence-electron chi connectivity index (χ2n) is 3.99. The molecule has 0 saturated carbocycles. The van der Waals surface area contributed by atoms with E-state index in [1.54, 1.807) is 6.33 Å². The van der Waals surface area contributed by atoms with Crippen LogP contribution in [0.25, 0.3) is 0 Å². The van der Waals surface area contributed by atoms with E-state index in [1.165, 1.54) is 0 Å². The standard InChI is InChI=1S/C11H22N4O/c1-4-11(5-2,8-16)13-7-10-12-9-14-15(10)6-3/h9,13,16H,4-8H2,1-3H3. The van der Waals surface area contributed by atoms with Gasteiger partial charge in [-0.15, -0.1) is 0 Å². The second kappa shape index (κ2) is 5.96. The Bertz CT molecular complexity index is 298. The molecule has 92 valence electrons. The Morgan fingerprint density at radius 2 is 2.06 bits per heavy atom. The second-order valence-corrected chi connectivity index (χ2v) is 3.99. The highest BCUT2D eigenvalue weighted by Gasteiger charge is 2.24. The Morgan fingerprint density at radius 1 is 1.38 bits per heavy atom. The smallest absolute Gasteiger partial charge is 0.140 e. The maximum absolute atomic E-state index is 9.43. The minimum Gasteiger partial charge on any atom is -0.394 e. The van der Waals surface area contributed by atoms with Crippen molar-refractivity contribution in [1.29, 1.82) is 0 Å². The summed E-state index contributed by atoms with van der Waals surface area (Å²) < 4.78 is 1.86. The Kier molecular flexibility index (Phi) is 4.89. The van der Waals surface area contributed by atoms with Crippen molar-refractivity contribution in [3.8, 4) is 0 Å². The van der Waals surface area contributed by atoms with Gasteiger partial charge in [-0.25, -0.2) is 9.67 Å². The molecule has 0 aromatic carbocycles. The van der Waals surface area contributed by atoms with Crippen molar-refractivity contribution in [2.75, 3.05) is 6.61 Å². The van der Waals surface area contributed by atoms with Crippen LogP contribution in [-0.2, 0) is 13.1 Å². The topological polar surface area (TPSA) is 63.0 Å². The molecule has 0 bridgehead atoms. The molecule has 5 nitrogen and oxygen atoms in total. The minimum absolute atomic E-state index is 0.153. The Morgan fingerprint density at radius 3 is 2.56 bits per heavy atom. The highest BCUT2D eigenvalue weighted by molar-refractivity contribution is 4.90. The van der Waals surface area contributed by atoms with Gasteiger partial charge in [0.15, 0.2) is 0 Å². The fraction of sp³-hybridized carbons (Fsp3) is 0.818. The molecule has 1 aromatic rings. The molecule has 1 rings (SSSR count). The summed E-state index contributed by atoms with van der Waals surface area (Å²) in [4.78, 5) is 4.20. The first-order valence-electron chi connectivity index (χ1n) is 5.94. The molecule has 0 unspecified atom stereocenters. The van der Waals surface area contributed by atoms with Crippen molar-refractivity contribution in [3.05, 3.63) is 12.2 Å². The highest BCUT2D eigenvalue weighted by atomic mass is 16.3. The summed E-state index contributed by atoms with van der Waals surface area (Å²) >= 11 is 0. The number of nitrogens with zero attached hydrogens (tertiary/aromatic N) is 3. The molecule has 0 aliphatic rings. The third-order valence-corrected chi connectivity index (χ3v) is 3.27. The monoisotopic (exact) mass is 226 g/mol. The normalized spacial score (nSPS) is 12.0. The van der Waals surface area contributed by atoms with Crippen molar-refractivity contribution in [1.82, 2.24) is 20.1 Å². The third-order valence-electron chi connectivity index (χ3n) is 3.27. The Hall–Kier alpha value is -0.940. The molecule has 0 aliphatic carbocycles. The summed E-state index contributed by atoms with van der Waals surface area (Å²) in [5.41, 5.74) is -0.190. The number of nitrogens with one attached hydrogen (secondary N) is 1. The van der Waals surface area contributed by atoms with Crippen molar-refractivity contribution >= 4 is 0 Å². The minimum atomic E-state index is -0.190. The van der Waals surface area contributed by atoms with Crippen LogP contribution in [-0.4, -0.2) is 32.0 Å². The molecule has 5 heteroatoms. The summed E-state index contributed by atoms with van der Waals surface area (Å²) in [6, 6.07) is 0. The fourth-order valence-corrected chi connectivity index (χ4v) is 1.74. The average molecular weight is 226 g/mol. The van der Waals surface area contributed by atoms with Crippen LogP contribution >= 0.6 is 0 Å². The lowest BCUT2D eigenvalue weighted by Crippen LogP contribution is -2.47. The van der Waals surface area contributed by atoms with Gasteiger partial charge in [0.25, 0.3) is 0 Å².